The molecule has 0 radical (unpaired) electrons. The molecule has 0 saturated heterocycles. The van der Waals surface area contributed by atoms with Gasteiger partial charge in [-0.3, -0.25) is 4.79 Å². The van der Waals surface area contributed by atoms with Crippen molar-refractivity contribution in [3.05, 3.63) is 60.1 Å². The lowest BCUT2D eigenvalue weighted by Crippen LogP contribution is -2.34. The summed E-state index contributed by atoms with van der Waals surface area (Å²) in [5.41, 5.74) is 1.94. The second-order valence-electron chi connectivity index (χ2n) is 8.25. The van der Waals surface area contributed by atoms with Gasteiger partial charge in [-0.2, -0.15) is 13.2 Å². The number of amides is 1. The number of carbonyl (C=O) groups excluding carboxylic acids is 1. The van der Waals surface area contributed by atoms with Crippen LogP contribution in [0.1, 0.15) is 22.7 Å². The fourth-order valence-corrected chi connectivity index (χ4v) is 3.70. The average molecular weight is 465 g/mol. The van der Waals surface area contributed by atoms with E-state index in [1.54, 1.807) is 0 Å². The van der Waals surface area contributed by atoms with Crippen molar-refractivity contribution < 1.29 is 32.3 Å². The van der Waals surface area contributed by atoms with E-state index in [9.17, 15) is 18.0 Å². The van der Waals surface area contributed by atoms with Gasteiger partial charge in [0.05, 0.1) is 6.54 Å². The predicted molar refractivity (Wildman–Crippen MR) is 116 cm³/mol. The number of aromatic nitrogens is 1. The van der Waals surface area contributed by atoms with Gasteiger partial charge >= 0.3 is 12.1 Å². The highest BCUT2D eigenvalue weighted by Crippen LogP contribution is 2.24. The highest BCUT2D eigenvalue weighted by molar-refractivity contribution is 5.96. The molecule has 3 aromatic rings. The van der Waals surface area contributed by atoms with Crippen LogP contribution < -0.4 is 0 Å². The molecule has 3 heterocycles. The van der Waals surface area contributed by atoms with Crippen molar-refractivity contribution in [2.45, 2.75) is 25.7 Å². The van der Waals surface area contributed by atoms with Crippen LogP contribution in [0.5, 0.6) is 0 Å². The molecule has 0 spiro atoms. The van der Waals surface area contributed by atoms with Gasteiger partial charge in [0, 0.05) is 30.4 Å². The average Bonchev–Trinajstić information content (AvgIpc) is 3.33. The third kappa shape index (κ3) is 6.38. The van der Waals surface area contributed by atoms with E-state index in [1.165, 1.54) is 5.69 Å². The minimum Gasteiger partial charge on any atom is -0.475 e. The van der Waals surface area contributed by atoms with Gasteiger partial charge < -0.3 is 23.9 Å². The molecule has 0 aliphatic carbocycles. The zero-order chi connectivity index (χ0) is 24.2. The molecule has 0 bridgehead atoms. The number of nitrogens with zero attached hydrogens (tertiary/aromatic N) is 3. The molecule has 10 heteroatoms. The number of halogens is 3. The fraction of sp³-hybridized carbons (Fsp3) is 0.391. The van der Waals surface area contributed by atoms with Crippen LogP contribution in [0.3, 0.4) is 0 Å². The van der Waals surface area contributed by atoms with Gasteiger partial charge in [-0.1, -0.05) is 18.2 Å². The van der Waals surface area contributed by atoms with E-state index in [1.807, 2.05) is 35.2 Å². The van der Waals surface area contributed by atoms with Crippen molar-refractivity contribution in [2.75, 3.05) is 27.2 Å². The minimum atomic E-state index is -5.08. The Labute approximate surface area is 189 Å². The number of carboxylic acid groups (broad SMARTS) is 1. The van der Waals surface area contributed by atoms with Gasteiger partial charge in [-0.05, 0) is 57.2 Å². The molecule has 7 nitrogen and oxygen atoms in total. The van der Waals surface area contributed by atoms with Crippen molar-refractivity contribution in [3.8, 4) is 0 Å². The lowest BCUT2D eigenvalue weighted by Gasteiger charge is -2.24. The van der Waals surface area contributed by atoms with E-state index in [2.05, 4.69) is 41.9 Å². The SMILES string of the molecule is CN(C)CCC1CN(C(=O)c2cc3ccccc3o2)Cc2cccn2C1.O=C(O)C(F)(F)F. The summed E-state index contributed by atoms with van der Waals surface area (Å²) in [5.74, 6) is -1.92. The van der Waals surface area contributed by atoms with Gasteiger partial charge in [-0.15, -0.1) is 0 Å². The van der Waals surface area contributed by atoms with Gasteiger partial charge in [0.15, 0.2) is 5.76 Å². The first-order valence-electron chi connectivity index (χ1n) is 10.4. The Bertz CT molecular complexity index is 1070. The number of furan rings is 1. The van der Waals surface area contributed by atoms with Crippen molar-refractivity contribution >= 4 is 22.8 Å². The molecule has 1 N–H and O–H groups in total. The first kappa shape index (κ1) is 24.4. The number of carboxylic acids is 1. The van der Waals surface area contributed by atoms with Crippen molar-refractivity contribution in [1.82, 2.24) is 14.4 Å². The fourth-order valence-electron chi connectivity index (χ4n) is 3.70. The topological polar surface area (TPSA) is 78.9 Å². The molecule has 1 unspecified atom stereocenters. The number of hydrogen-bond acceptors (Lipinski definition) is 4. The summed E-state index contributed by atoms with van der Waals surface area (Å²) in [6.45, 7) is 3.36. The number of aliphatic carboxylic acids is 1. The zero-order valence-corrected chi connectivity index (χ0v) is 18.4. The van der Waals surface area contributed by atoms with Crippen molar-refractivity contribution in [1.29, 1.82) is 0 Å². The highest BCUT2D eigenvalue weighted by atomic mass is 19.4. The summed E-state index contributed by atoms with van der Waals surface area (Å²) in [7, 11) is 4.18. The largest absolute Gasteiger partial charge is 0.490 e. The zero-order valence-electron chi connectivity index (χ0n) is 18.4. The Morgan fingerprint density at radius 1 is 1.15 bits per heavy atom. The molecule has 1 aromatic carbocycles. The Balaban J connectivity index is 0.000000383. The number of benzene rings is 1. The molecule has 0 fully saturated rings. The van der Waals surface area contributed by atoms with Crippen LogP contribution in [0.25, 0.3) is 11.0 Å². The molecule has 0 saturated carbocycles. The number of alkyl halides is 3. The number of fused-ring (bicyclic) bond motifs is 2. The Morgan fingerprint density at radius 3 is 2.48 bits per heavy atom. The van der Waals surface area contributed by atoms with Crippen LogP contribution in [0.4, 0.5) is 13.2 Å². The van der Waals surface area contributed by atoms with E-state index in [0.717, 1.165) is 37.0 Å². The highest BCUT2D eigenvalue weighted by Gasteiger charge is 2.38. The number of para-hydroxylation sites is 1. The lowest BCUT2D eigenvalue weighted by atomic mass is 10.0. The Morgan fingerprint density at radius 2 is 1.85 bits per heavy atom. The van der Waals surface area contributed by atoms with Gasteiger partial charge in [0.2, 0.25) is 0 Å². The van der Waals surface area contributed by atoms with Crippen LogP contribution in [-0.4, -0.2) is 64.7 Å². The molecular weight excluding hydrogens is 439 g/mol. The molecule has 1 atom stereocenters. The van der Waals surface area contributed by atoms with E-state index in [0.29, 0.717) is 18.2 Å². The predicted octanol–water partition coefficient (Wildman–Crippen LogP) is 4.09. The van der Waals surface area contributed by atoms with E-state index >= 15 is 0 Å². The Hall–Kier alpha value is -3.27. The van der Waals surface area contributed by atoms with Crippen molar-refractivity contribution in [3.63, 3.8) is 0 Å². The monoisotopic (exact) mass is 465 g/mol. The second-order valence-corrected chi connectivity index (χ2v) is 8.25. The first-order valence-corrected chi connectivity index (χ1v) is 10.4. The van der Waals surface area contributed by atoms with Crippen LogP contribution in [0.2, 0.25) is 0 Å². The standard InChI is InChI=1S/C21H25N3O2.C2HF3O2/c1-22(2)11-9-16-13-23-10-5-7-18(23)15-24(14-16)21(25)20-12-17-6-3-4-8-19(17)26-20;3-2(4,5)1(6)7/h3-8,10,12,16H,9,11,13-15H2,1-2H3;(H,6,7). The molecule has 4 rings (SSSR count). The van der Waals surface area contributed by atoms with Crippen LogP contribution in [-0.2, 0) is 17.9 Å². The minimum absolute atomic E-state index is 0.0225. The Kier molecular flexibility index (Phi) is 7.47. The van der Waals surface area contributed by atoms with Crippen LogP contribution in [0.15, 0.2) is 53.1 Å². The van der Waals surface area contributed by atoms with E-state index in [-0.39, 0.29) is 5.91 Å². The maximum Gasteiger partial charge on any atom is 0.490 e. The smallest absolute Gasteiger partial charge is 0.475 e. The number of rotatable bonds is 4. The molecule has 33 heavy (non-hydrogen) atoms. The molecule has 1 aliphatic rings. The summed E-state index contributed by atoms with van der Waals surface area (Å²) in [5, 5.41) is 8.10. The van der Waals surface area contributed by atoms with Gasteiger partial charge in [-0.25, -0.2) is 4.79 Å². The molecule has 2 aromatic heterocycles. The van der Waals surface area contributed by atoms with Gasteiger partial charge in [0.1, 0.15) is 5.58 Å². The van der Waals surface area contributed by atoms with E-state index in [4.69, 9.17) is 14.3 Å². The van der Waals surface area contributed by atoms with Gasteiger partial charge in [0.25, 0.3) is 5.91 Å². The number of carbonyl (C=O) groups is 2. The lowest BCUT2D eigenvalue weighted by molar-refractivity contribution is -0.192. The van der Waals surface area contributed by atoms with Crippen LogP contribution >= 0.6 is 0 Å². The second kappa shape index (κ2) is 10.1. The molecule has 1 aliphatic heterocycles. The van der Waals surface area contributed by atoms with E-state index < -0.39 is 12.1 Å². The molecular formula is C23H26F3N3O4. The molecule has 178 valence electrons. The van der Waals surface area contributed by atoms with Crippen LogP contribution in [0, 0.1) is 5.92 Å². The number of hydrogen-bond donors (Lipinski definition) is 1. The summed E-state index contributed by atoms with van der Waals surface area (Å²) < 4.78 is 39.8. The summed E-state index contributed by atoms with van der Waals surface area (Å²) >= 11 is 0. The molecule has 1 amide bonds. The summed E-state index contributed by atoms with van der Waals surface area (Å²) in [4.78, 5) is 26.2. The third-order valence-corrected chi connectivity index (χ3v) is 5.36. The van der Waals surface area contributed by atoms with Crippen molar-refractivity contribution in [2.24, 2.45) is 5.92 Å². The maximum absolute atomic E-state index is 13.1. The maximum atomic E-state index is 13.1. The summed E-state index contributed by atoms with van der Waals surface area (Å²) in [6.07, 6.45) is -1.90. The summed E-state index contributed by atoms with van der Waals surface area (Å²) in [6, 6.07) is 13.8. The first-order chi connectivity index (χ1) is 15.5. The normalized spacial score (nSPS) is 16.2. The quantitative estimate of drug-likeness (QED) is 0.628. The third-order valence-electron chi connectivity index (χ3n) is 5.36.